The maximum Gasteiger partial charge on any atom is 0.272 e. The van der Waals surface area contributed by atoms with Gasteiger partial charge in [0.15, 0.2) is 0 Å². The Balaban J connectivity index is 1.69. The van der Waals surface area contributed by atoms with E-state index in [1.165, 1.54) is 0 Å². The number of aromatic amines is 1. The van der Waals surface area contributed by atoms with E-state index in [9.17, 15) is 4.79 Å². The van der Waals surface area contributed by atoms with Gasteiger partial charge in [0, 0.05) is 37.1 Å². The number of likely N-dealkylation sites (tertiary alicyclic amines) is 1. The quantitative estimate of drug-likeness (QED) is 0.772. The number of hydrogen-bond acceptors (Lipinski definition) is 4. The lowest BCUT2D eigenvalue weighted by Crippen LogP contribution is -2.32. The Kier molecular flexibility index (Phi) is 4.51. The summed E-state index contributed by atoms with van der Waals surface area (Å²) in [6.45, 7) is 4.79. The van der Waals surface area contributed by atoms with Gasteiger partial charge in [0.2, 0.25) is 0 Å². The summed E-state index contributed by atoms with van der Waals surface area (Å²) >= 11 is 0. The van der Waals surface area contributed by atoms with Crippen molar-refractivity contribution < 1.29 is 4.79 Å². The summed E-state index contributed by atoms with van der Waals surface area (Å²) in [5.74, 6) is 0.0416. The second-order valence-electron chi connectivity index (χ2n) is 6.99. The van der Waals surface area contributed by atoms with Crippen molar-refractivity contribution in [2.75, 3.05) is 6.54 Å². The zero-order chi connectivity index (χ0) is 19.0. The molecule has 140 valence electrons. The maximum absolute atomic E-state index is 13.4. The van der Waals surface area contributed by atoms with E-state index in [0.717, 1.165) is 53.9 Å². The number of amides is 1. The lowest BCUT2D eigenvalue weighted by Gasteiger charge is -2.25. The smallest absolute Gasteiger partial charge is 0.272 e. The predicted molar refractivity (Wildman–Crippen MR) is 102 cm³/mol. The highest BCUT2D eigenvalue weighted by molar-refractivity contribution is 5.94. The molecule has 1 amide bonds. The predicted octanol–water partition coefficient (Wildman–Crippen LogP) is 3.05. The van der Waals surface area contributed by atoms with E-state index in [2.05, 4.69) is 27.2 Å². The third-order valence-corrected chi connectivity index (χ3v) is 5.43. The molecule has 1 aliphatic heterocycles. The number of rotatable bonds is 4. The number of carbonyl (C=O) groups is 1. The van der Waals surface area contributed by atoms with Gasteiger partial charge in [-0.15, -0.1) is 0 Å². The number of aryl methyl sites for hydroxylation is 2. The lowest BCUT2D eigenvalue weighted by atomic mass is 10.0. The van der Waals surface area contributed by atoms with Crippen molar-refractivity contribution in [3.63, 3.8) is 0 Å². The fourth-order valence-electron chi connectivity index (χ4n) is 4.08. The van der Waals surface area contributed by atoms with Crippen molar-refractivity contribution in [2.24, 2.45) is 7.05 Å². The Morgan fingerprint density at radius 1 is 1.33 bits per heavy atom. The van der Waals surface area contributed by atoms with Crippen LogP contribution in [0.3, 0.4) is 0 Å². The van der Waals surface area contributed by atoms with Crippen molar-refractivity contribution in [2.45, 2.75) is 39.2 Å². The molecule has 27 heavy (non-hydrogen) atoms. The Bertz CT molecular complexity index is 958. The Labute approximate surface area is 158 Å². The molecule has 1 atom stereocenters. The molecule has 1 N–H and O–H groups in total. The molecule has 1 aliphatic rings. The molecule has 3 aromatic rings. The van der Waals surface area contributed by atoms with E-state index in [0.29, 0.717) is 5.69 Å². The van der Waals surface area contributed by atoms with Crippen LogP contribution in [0.15, 0.2) is 30.7 Å². The Morgan fingerprint density at radius 2 is 2.11 bits per heavy atom. The second-order valence-corrected chi connectivity index (χ2v) is 6.99. The highest BCUT2D eigenvalue weighted by Crippen LogP contribution is 2.37. The number of pyridine rings is 1. The SMILES string of the molecule is CCc1nn(C)c(C(=O)N2CCC[C@H]2c2[nH]ncc2-c2ccncc2)c1C. The van der Waals surface area contributed by atoms with Crippen molar-refractivity contribution >= 4 is 5.91 Å². The molecule has 0 radical (unpaired) electrons. The largest absolute Gasteiger partial charge is 0.329 e. The molecule has 7 heteroatoms. The highest BCUT2D eigenvalue weighted by Gasteiger charge is 2.35. The Hall–Kier alpha value is -2.96. The molecule has 1 saturated heterocycles. The van der Waals surface area contributed by atoms with Crippen LogP contribution in [0.25, 0.3) is 11.1 Å². The van der Waals surface area contributed by atoms with Crippen LogP contribution in [-0.4, -0.2) is 42.3 Å². The first-order chi connectivity index (χ1) is 13.1. The van der Waals surface area contributed by atoms with E-state index in [1.807, 2.05) is 37.2 Å². The summed E-state index contributed by atoms with van der Waals surface area (Å²) in [6.07, 6.45) is 8.09. The van der Waals surface area contributed by atoms with Crippen LogP contribution < -0.4 is 0 Å². The van der Waals surface area contributed by atoms with Crippen molar-refractivity contribution in [1.82, 2.24) is 29.9 Å². The molecule has 0 saturated carbocycles. The van der Waals surface area contributed by atoms with E-state index < -0.39 is 0 Å². The van der Waals surface area contributed by atoms with Crippen LogP contribution in [0.1, 0.15) is 53.2 Å². The molecule has 0 bridgehead atoms. The van der Waals surface area contributed by atoms with Crippen LogP contribution in [0.2, 0.25) is 0 Å². The summed E-state index contributed by atoms with van der Waals surface area (Å²) in [7, 11) is 1.85. The van der Waals surface area contributed by atoms with E-state index in [4.69, 9.17) is 0 Å². The van der Waals surface area contributed by atoms with Crippen LogP contribution in [-0.2, 0) is 13.5 Å². The van der Waals surface area contributed by atoms with Gasteiger partial charge in [-0.2, -0.15) is 10.2 Å². The molecule has 0 unspecified atom stereocenters. The van der Waals surface area contributed by atoms with Gasteiger partial charge < -0.3 is 4.90 Å². The van der Waals surface area contributed by atoms with Gasteiger partial charge in [0.05, 0.1) is 23.6 Å². The average molecular weight is 364 g/mol. The minimum absolute atomic E-state index is 0.0115. The monoisotopic (exact) mass is 364 g/mol. The van der Waals surface area contributed by atoms with E-state index in [1.54, 1.807) is 17.1 Å². The zero-order valence-electron chi connectivity index (χ0n) is 15.9. The van der Waals surface area contributed by atoms with Crippen LogP contribution >= 0.6 is 0 Å². The van der Waals surface area contributed by atoms with Crippen molar-refractivity contribution in [3.05, 3.63) is 53.4 Å². The number of nitrogens with one attached hydrogen (secondary N) is 1. The molecule has 0 aromatic carbocycles. The van der Waals surface area contributed by atoms with E-state index >= 15 is 0 Å². The molecular formula is C20H24N6O. The summed E-state index contributed by atoms with van der Waals surface area (Å²) < 4.78 is 1.72. The summed E-state index contributed by atoms with van der Waals surface area (Å²) in [5, 5.41) is 11.9. The molecule has 0 spiro atoms. The van der Waals surface area contributed by atoms with Gasteiger partial charge in [0.1, 0.15) is 5.69 Å². The van der Waals surface area contributed by atoms with Gasteiger partial charge in [-0.1, -0.05) is 6.92 Å². The van der Waals surface area contributed by atoms with Gasteiger partial charge >= 0.3 is 0 Å². The van der Waals surface area contributed by atoms with E-state index in [-0.39, 0.29) is 11.9 Å². The third-order valence-electron chi connectivity index (χ3n) is 5.43. The number of nitrogens with zero attached hydrogens (tertiary/aromatic N) is 5. The van der Waals surface area contributed by atoms with Gasteiger partial charge in [-0.05, 0) is 43.9 Å². The number of carbonyl (C=O) groups excluding carboxylic acids is 1. The molecule has 4 heterocycles. The summed E-state index contributed by atoms with van der Waals surface area (Å²) in [4.78, 5) is 19.4. The topological polar surface area (TPSA) is 79.7 Å². The maximum atomic E-state index is 13.4. The number of H-pyrrole nitrogens is 1. The molecule has 1 fully saturated rings. The van der Waals surface area contributed by atoms with Crippen molar-refractivity contribution in [1.29, 1.82) is 0 Å². The van der Waals surface area contributed by atoms with Gasteiger partial charge in [-0.25, -0.2) is 0 Å². The zero-order valence-corrected chi connectivity index (χ0v) is 15.9. The minimum Gasteiger partial charge on any atom is -0.329 e. The molecular weight excluding hydrogens is 340 g/mol. The lowest BCUT2D eigenvalue weighted by molar-refractivity contribution is 0.0721. The fraction of sp³-hybridized carbons (Fsp3) is 0.400. The Morgan fingerprint density at radius 3 is 2.81 bits per heavy atom. The first kappa shape index (κ1) is 17.5. The van der Waals surface area contributed by atoms with Crippen LogP contribution in [0.5, 0.6) is 0 Å². The van der Waals surface area contributed by atoms with Gasteiger partial charge in [0.25, 0.3) is 5.91 Å². The first-order valence-electron chi connectivity index (χ1n) is 9.39. The van der Waals surface area contributed by atoms with Gasteiger partial charge in [-0.3, -0.25) is 19.6 Å². The van der Waals surface area contributed by atoms with Crippen LogP contribution in [0, 0.1) is 6.92 Å². The first-order valence-corrected chi connectivity index (χ1v) is 9.39. The summed E-state index contributed by atoms with van der Waals surface area (Å²) in [5.41, 5.74) is 5.72. The molecule has 3 aromatic heterocycles. The highest BCUT2D eigenvalue weighted by atomic mass is 16.2. The summed E-state index contributed by atoms with van der Waals surface area (Å²) in [6, 6.07) is 3.92. The molecule has 4 rings (SSSR count). The second kappa shape index (κ2) is 6.98. The minimum atomic E-state index is -0.0115. The molecule has 0 aliphatic carbocycles. The van der Waals surface area contributed by atoms with Crippen molar-refractivity contribution in [3.8, 4) is 11.1 Å². The number of aromatic nitrogens is 5. The number of hydrogen-bond donors (Lipinski definition) is 1. The third kappa shape index (κ3) is 2.93. The standard InChI is InChI=1S/C20H24N6O/c1-4-16-13(2)19(25(3)24-16)20(27)26-11-5-6-17(26)18-15(12-22-23-18)14-7-9-21-10-8-14/h7-10,12,17H,4-6,11H2,1-3H3,(H,22,23)/t17-/m0/s1. The average Bonchev–Trinajstić information content (AvgIpc) is 3.40. The normalized spacial score (nSPS) is 16.9. The molecule has 7 nitrogen and oxygen atoms in total. The van der Waals surface area contributed by atoms with Crippen LogP contribution in [0.4, 0.5) is 0 Å². The fourth-order valence-corrected chi connectivity index (χ4v) is 4.08.